The maximum Gasteiger partial charge on any atom is 0.0963 e. The Labute approximate surface area is 780 Å². The van der Waals surface area contributed by atoms with Crippen molar-refractivity contribution in [2.75, 3.05) is 0 Å². The molecule has 1 radical (unpaired) electrons. The fourth-order valence-corrected chi connectivity index (χ4v) is 20.3. The number of rotatable bonds is 14. The third kappa shape index (κ3) is 14.6. The van der Waals surface area contributed by atoms with Crippen molar-refractivity contribution in [3.05, 3.63) is 379 Å². The molecule has 13 nitrogen and oxygen atoms in total. The van der Waals surface area contributed by atoms with Gasteiger partial charge >= 0.3 is 0 Å². The molecule has 0 aliphatic heterocycles. The van der Waals surface area contributed by atoms with Crippen LogP contribution in [0.15, 0.2) is 322 Å². The van der Waals surface area contributed by atoms with E-state index in [1.807, 2.05) is 57.4 Å². The molecule has 0 aliphatic rings. The van der Waals surface area contributed by atoms with E-state index >= 15 is 0 Å². The van der Waals surface area contributed by atoms with E-state index in [9.17, 15) is 0 Å². The van der Waals surface area contributed by atoms with Crippen LogP contribution in [0.3, 0.4) is 0 Å². The van der Waals surface area contributed by atoms with Gasteiger partial charge in [-0.15, -0.1) is 24.3 Å². The first-order valence-corrected chi connectivity index (χ1v) is 46.3. The van der Waals surface area contributed by atoms with E-state index in [1.54, 1.807) is 0 Å². The summed E-state index contributed by atoms with van der Waals surface area (Å²) in [7, 11) is 0. The zero-order valence-corrected chi connectivity index (χ0v) is 78.6. The predicted molar refractivity (Wildman–Crippen MR) is 547 cm³/mol. The van der Waals surface area contributed by atoms with Crippen LogP contribution in [0.5, 0.6) is 0 Å². The van der Waals surface area contributed by atoms with Gasteiger partial charge < -0.3 is 41.6 Å². The molecule has 0 aliphatic carbocycles. The average Bonchev–Trinajstić information content (AvgIpc) is 1.54. The summed E-state index contributed by atoms with van der Waals surface area (Å²) in [4.78, 5) is 28.6. The smallest absolute Gasteiger partial charge is 0.0963 e. The van der Waals surface area contributed by atoms with Gasteiger partial charge in [0.05, 0.1) is 77.5 Å². The summed E-state index contributed by atoms with van der Waals surface area (Å²) in [6, 6.07) is 114. The summed E-state index contributed by atoms with van der Waals surface area (Å²) in [5.41, 5.74) is 35.4. The number of imidazole rings is 2. The molecule has 13 aromatic heterocycles. The van der Waals surface area contributed by atoms with Gasteiger partial charge in [-0.05, 0) is 260 Å². The summed E-state index contributed by atoms with van der Waals surface area (Å²) < 4.78 is 16.4. The van der Waals surface area contributed by atoms with Gasteiger partial charge in [-0.25, -0.2) is 0 Å². The molecule has 3 unspecified atom stereocenters. The predicted octanol–water partition coefficient (Wildman–Crippen LogP) is 29.6. The van der Waals surface area contributed by atoms with E-state index in [2.05, 4.69) is 390 Å². The first-order chi connectivity index (χ1) is 64.1. The second-order valence-corrected chi connectivity index (χ2v) is 36.1. The van der Waals surface area contributed by atoms with Crippen molar-refractivity contribution >= 4 is 164 Å². The van der Waals surface area contributed by atoms with E-state index in [4.69, 9.17) is 24.9 Å². The minimum atomic E-state index is 0. The number of fused-ring (bicyclic) bond motifs is 27. The molecule has 12 aromatic carbocycles. The van der Waals surface area contributed by atoms with E-state index in [1.165, 1.54) is 149 Å². The number of pyridine rings is 6. The summed E-state index contributed by atoms with van der Waals surface area (Å²) in [6.07, 6.45) is 14.6. The van der Waals surface area contributed by atoms with Gasteiger partial charge in [-0.2, -0.15) is 0 Å². The van der Waals surface area contributed by atoms with Crippen LogP contribution in [0.4, 0.5) is 0 Å². The number of hydrogen-bond acceptors (Lipinski definition) is 6. The maximum absolute atomic E-state index is 5.03. The largest absolute Gasteiger partial charge is 0.348 e. The minimum absolute atomic E-state index is 0. The standard InChI is InChI=1S/C47H37N3.C33H28N4.C21H22N3.C17H14N3.Ir/c1-3-31(2)28-32-20-22-33(23-21-32)48-46-26-24-34(49-42-16-8-4-12-36(42)37-13-5-9-17-43(37)49)29-40(46)41-30-35(25-27-47(41)48)50-44-18-10-6-14-38(44)39-15-7-11-19-45(39)50;1-3-22(2)18-23-19-24(36-28-12-6-4-10-26(28)32-30(36)14-8-16-34-32)21-25(20-23)37-29-13-7-5-11-27(29)33-31(37)15-9-17-35-33;1-5-13(2)11-16-9-10-17-20(23-16)19-14(3)7-6-8-18(19)24-12-15(4)22-21(17)24;1-10-5-4-6-14-15(10)16-13(8-7-11(2)18-16)17-19-12(3)9-20(14)17;/h4-27,29-31H,3,28H2,1-2H3;4-17,19-22H,3,18H2,1-2H3;6-9,12-13H,5,11H2,1-4H3;4-7,9H,1-3H3;/q;;2*-1;. The van der Waals surface area contributed by atoms with Gasteiger partial charge in [-0.3, -0.25) is 19.9 Å². The summed E-state index contributed by atoms with van der Waals surface area (Å²) in [6.45, 7) is 24.1. The Hall–Kier alpha value is -14.7. The number of nitrogens with zero attached hydrogens (tertiary/aromatic N) is 13. The number of hydrogen-bond donors (Lipinski definition) is 0. The topological polar surface area (TPSA) is 111 Å². The Morgan fingerprint density at radius 1 is 0.280 bits per heavy atom. The third-order valence-corrected chi connectivity index (χ3v) is 27.2. The number of aromatic nitrogens is 13. The average molecular weight is 1890 g/mol. The van der Waals surface area contributed by atoms with Crippen molar-refractivity contribution in [3.63, 3.8) is 0 Å². The zero-order valence-electron chi connectivity index (χ0n) is 76.2. The van der Waals surface area contributed by atoms with E-state index in [-0.39, 0.29) is 20.1 Å². The molecular formula is C118H101IrN13-2. The molecule has 0 saturated carbocycles. The quantitative estimate of drug-likeness (QED) is 0.0792. The van der Waals surface area contributed by atoms with Crippen molar-refractivity contribution in [1.29, 1.82) is 0 Å². The first-order valence-electron chi connectivity index (χ1n) is 46.3. The molecule has 13 heterocycles. The number of aryl methyl sites for hydroxylation is 5. The zero-order chi connectivity index (χ0) is 89.0. The van der Waals surface area contributed by atoms with Crippen LogP contribution in [0.2, 0.25) is 0 Å². The van der Waals surface area contributed by atoms with Crippen LogP contribution in [0.25, 0.3) is 193 Å². The van der Waals surface area contributed by atoms with Gasteiger partial charge in [0.25, 0.3) is 0 Å². The fourth-order valence-electron chi connectivity index (χ4n) is 20.3. The van der Waals surface area contributed by atoms with Gasteiger partial charge in [-0.1, -0.05) is 224 Å². The van der Waals surface area contributed by atoms with Crippen molar-refractivity contribution in [3.8, 4) is 28.4 Å². The van der Waals surface area contributed by atoms with Crippen molar-refractivity contribution in [1.82, 2.24) is 61.5 Å². The molecule has 3 atom stereocenters. The van der Waals surface area contributed by atoms with Crippen LogP contribution in [0, 0.1) is 64.5 Å². The second-order valence-electron chi connectivity index (χ2n) is 36.1. The van der Waals surface area contributed by atoms with Crippen molar-refractivity contribution in [2.24, 2.45) is 17.8 Å². The molecule has 0 amide bonds. The Balaban J connectivity index is 0.000000112. The van der Waals surface area contributed by atoms with E-state index in [0.717, 1.165) is 127 Å². The van der Waals surface area contributed by atoms with Crippen LogP contribution < -0.4 is 0 Å². The molecule has 25 rings (SSSR count). The van der Waals surface area contributed by atoms with Gasteiger partial charge in [0.15, 0.2) is 0 Å². The molecule has 0 spiro atoms. The summed E-state index contributed by atoms with van der Waals surface area (Å²) in [5, 5.41) is 14.3. The first kappa shape index (κ1) is 84.2. The second kappa shape index (κ2) is 34.6. The van der Waals surface area contributed by atoms with Crippen LogP contribution in [-0.4, -0.2) is 61.5 Å². The normalized spacial score (nSPS) is 12.5. The Kier molecular flexibility index (Phi) is 22.1. The molecule has 25 aromatic rings. The number of benzene rings is 12. The molecule has 0 fully saturated rings. The van der Waals surface area contributed by atoms with Crippen molar-refractivity contribution in [2.45, 2.75) is 115 Å². The molecule has 0 bridgehead atoms. The van der Waals surface area contributed by atoms with E-state index in [0.29, 0.717) is 17.8 Å². The van der Waals surface area contributed by atoms with Crippen LogP contribution in [-0.2, 0) is 39.4 Å². The summed E-state index contributed by atoms with van der Waals surface area (Å²) in [5.74, 6) is 1.91. The third-order valence-electron chi connectivity index (χ3n) is 27.2. The molecular weight excluding hydrogens is 1790 g/mol. The molecule has 132 heavy (non-hydrogen) atoms. The van der Waals surface area contributed by atoms with Gasteiger partial charge in [0.2, 0.25) is 0 Å². The minimum Gasteiger partial charge on any atom is -0.348 e. The van der Waals surface area contributed by atoms with Crippen LogP contribution >= 0.6 is 0 Å². The monoisotopic (exact) mass is 1890 g/mol. The molecule has 0 N–H and O–H groups in total. The molecule has 0 saturated heterocycles. The van der Waals surface area contributed by atoms with Crippen LogP contribution in [0.1, 0.15) is 106 Å². The maximum atomic E-state index is 5.03. The number of para-hydroxylation sites is 6. The summed E-state index contributed by atoms with van der Waals surface area (Å²) >= 11 is 0. The van der Waals surface area contributed by atoms with E-state index < -0.39 is 0 Å². The Morgan fingerprint density at radius 3 is 1.08 bits per heavy atom. The van der Waals surface area contributed by atoms with Crippen molar-refractivity contribution < 1.29 is 20.1 Å². The SMILES string of the molecule is CCC(C)Cc1c[c-]c2c(n1)c1c(C)cccc1n1cc(C)nc21.CCC(C)Cc1cc(-n2c3ccccc3c3ncccc32)cc(-n2c3ccccc3c3ncccc32)c1.CCC(C)Cc1ccc(-n2c3ccc(-n4c5ccccc5c5ccccc54)cc3c3cc(-n4c5ccccc5c5ccccc54)ccc32)cc1.Cc1c[c-]c2c(n1)c1c(C)cccc1n1cc(C)nc21.[Ir]. The fraction of sp³-hybridized carbons (Fsp3) is 0.169. The Bertz CT molecular complexity index is 8290. The molecule has 649 valence electrons. The van der Waals surface area contributed by atoms with Gasteiger partial charge in [0, 0.05) is 139 Å². The van der Waals surface area contributed by atoms with Gasteiger partial charge in [0.1, 0.15) is 0 Å². The molecule has 14 heteroatoms. The Morgan fingerprint density at radius 2 is 0.636 bits per heavy atom.